The number of rotatable bonds is 4. The van der Waals surface area contributed by atoms with Gasteiger partial charge in [0.15, 0.2) is 5.69 Å². The van der Waals surface area contributed by atoms with Gasteiger partial charge in [-0.3, -0.25) is 0 Å². The van der Waals surface area contributed by atoms with Gasteiger partial charge in [0, 0.05) is 0 Å². The fourth-order valence-corrected chi connectivity index (χ4v) is 7.53. The molecule has 0 spiro atoms. The van der Waals surface area contributed by atoms with Crippen molar-refractivity contribution in [2.24, 2.45) is 0 Å². The molecule has 0 saturated heterocycles. The summed E-state index contributed by atoms with van der Waals surface area (Å²) in [6.45, 7) is 8.12. The van der Waals surface area contributed by atoms with Gasteiger partial charge in [-0.25, -0.2) is 4.85 Å². The smallest absolute Gasteiger partial charge is 0.195 e. The first kappa shape index (κ1) is 29.2. The van der Waals surface area contributed by atoms with Crippen LogP contribution in [0.5, 0.6) is 0 Å². The number of benzene rings is 9. The summed E-state index contributed by atoms with van der Waals surface area (Å²) in [7, 11) is 0. The predicted molar refractivity (Wildman–Crippen MR) is 209 cm³/mol. The Hall–Kier alpha value is -7.00. The Morgan fingerprint density at radius 1 is 0.400 bits per heavy atom. The summed E-state index contributed by atoms with van der Waals surface area (Å²) < 4.78 is 0. The number of fused-ring (bicyclic) bond motifs is 4. The summed E-state index contributed by atoms with van der Waals surface area (Å²) in [5.74, 6) is 0. The highest BCUT2D eigenvalue weighted by Gasteiger charge is 2.16. The molecule has 0 aliphatic rings. The quantitative estimate of drug-likeness (QED) is 0.140. The fraction of sp³-hybridized carbons (Fsp3) is 0. The molecule has 0 unspecified atom stereocenters. The Balaban J connectivity index is 1.11. The summed E-state index contributed by atoms with van der Waals surface area (Å²) in [5.41, 5.74) is 9.01. The molecule has 9 rings (SSSR count). The third-order valence-corrected chi connectivity index (χ3v) is 9.89. The lowest BCUT2D eigenvalue weighted by Gasteiger charge is -2.15. The van der Waals surface area contributed by atoms with E-state index in [2.05, 4.69) is 169 Å². The van der Waals surface area contributed by atoms with E-state index in [9.17, 15) is 5.26 Å². The standard InChI is InChI=1S/C48H28N2/c1-50-46-29-44(31-18-22-33(23-19-31)47-40-14-6-2-10-35(40)26-36-11-3-7-15-41(36)47)39(30-49)28-45(46)32-20-24-34(25-21-32)48-42-16-8-4-12-37(42)27-38-13-5-9-17-43(38)48/h2-29H. The van der Waals surface area contributed by atoms with E-state index in [4.69, 9.17) is 6.57 Å². The van der Waals surface area contributed by atoms with Crippen LogP contribution < -0.4 is 0 Å². The summed E-state index contributed by atoms with van der Waals surface area (Å²) >= 11 is 0. The number of hydrogen-bond acceptors (Lipinski definition) is 1. The molecule has 0 N–H and O–H groups in total. The minimum atomic E-state index is 0.520. The minimum Gasteiger partial charge on any atom is -0.237 e. The van der Waals surface area contributed by atoms with Gasteiger partial charge >= 0.3 is 0 Å². The lowest BCUT2D eigenvalue weighted by molar-refractivity contribution is 1.48. The van der Waals surface area contributed by atoms with Crippen LogP contribution in [0, 0.1) is 17.9 Å². The zero-order valence-corrected chi connectivity index (χ0v) is 27.1. The van der Waals surface area contributed by atoms with Gasteiger partial charge in [0.25, 0.3) is 0 Å². The third-order valence-electron chi connectivity index (χ3n) is 9.89. The van der Waals surface area contributed by atoms with Gasteiger partial charge in [0.2, 0.25) is 0 Å². The predicted octanol–water partition coefficient (Wildman–Crippen LogP) is 13.4. The van der Waals surface area contributed by atoms with Crippen molar-refractivity contribution in [1.82, 2.24) is 0 Å². The molecule has 9 aromatic carbocycles. The van der Waals surface area contributed by atoms with Crippen LogP contribution in [0.3, 0.4) is 0 Å². The molecule has 0 aliphatic carbocycles. The lowest BCUT2D eigenvalue weighted by atomic mass is 9.89. The van der Waals surface area contributed by atoms with Crippen LogP contribution in [-0.4, -0.2) is 0 Å². The number of nitrogens with zero attached hydrogens (tertiary/aromatic N) is 2. The Morgan fingerprint density at radius 3 is 1.14 bits per heavy atom. The molecule has 0 aromatic heterocycles. The average molecular weight is 633 g/mol. The van der Waals surface area contributed by atoms with Crippen LogP contribution >= 0.6 is 0 Å². The molecule has 50 heavy (non-hydrogen) atoms. The Bertz CT molecular complexity index is 2560. The van der Waals surface area contributed by atoms with E-state index < -0.39 is 0 Å². The molecule has 0 aliphatic heterocycles. The summed E-state index contributed by atoms with van der Waals surface area (Å²) in [6.07, 6.45) is 0. The van der Waals surface area contributed by atoms with E-state index >= 15 is 0 Å². The molecule has 2 nitrogen and oxygen atoms in total. The van der Waals surface area contributed by atoms with Crippen LogP contribution in [0.25, 0.3) is 92.4 Å². The van der Waals surface area contributed by atoms with E-state index in [1.54, 1.807) is 0 Å². The van der Waals surface area contributed by atoms with Crippen molar-refractivity contribution in [1.29, 1.82) is 5.26 Å². The lowest BCUT2D eigenvalue weighted by Crippen LogP contribution is -1.90. The molecule has 9 aromatic rings. The molecule has 230 valence electrons. The van der Waals surface area contributed by atoms with E-state index in [1.807, 2.05) is 12.1 Å². The maximum atomic E-state index is 10.4. The number of hydrogen-bond donors (Lipinski definition) is 0. The van der Waals surface area contributed by atoms with Gasteiger partial charge in [-0.05, 0) is 112 Å². The maximum Gasteiger partial charge on any atom is 0.195 e. The Kier molecular flexibility index (Phi) is 6.95. The van der Waals surface area contributed by atoms with Gasteiger partial charge in [-0.15, -0.1) is 0 Å². The zero-order valence-electron chi connectivity index (χ0n) is 27.1. The van der Waals surface area contributed by atoms with Gasteiger partial charge < -0.3 is 0 Å². The summed E-state index contributed by atoms with van der Waals surface area (Å²) in [4.78, 5) is 3.94. The second-order valence-corrected chi connectivity index (χ2v) is 12.7. The van der Waals surface area contributed by atoms with Crippen molar-refractivity contribution in [3.05, 3.63) is 187 Å². The van der Waals surface area contributed by atoms with Crippen molar-refractivity contribution in [2.75, 3.05) is 0 Å². The van der Waals surface area contributed by atoms with Gasteiger partial charge in [0.1, 0.15) is 0 Å². The van der Waals surface area contributed by atoms with Crippen molar-refractivity contribution in [2.45, 2.75) is 0 Å². The summed E-state index contributed by atoms with van der Waals surface area (Å²) in [5, 5.41) is 20.0. The molecule has 0 radical (unpaired) electrons. The highest BCUT2D eigenvalue weighted by molar-refractivity contribution is 6.14. The highest BCUT2D eigenvalue weighted by Crippen LogP contribution is 2.42. The van der Waals surface area contributed by atoms with E-state index in [0.717, 1.165) is 33.4 Å². The van der Waals surface area contributed by atoms with Gasteiger partial charge in [-0.2, -0.15) is 5.26 Å². The number of nitriles is 1. The third kappa shape index (κ3) is 4.79. The first-order valence-corrected chi connectivity index (χ1v) is 16.7. The highest BCUT2D eigenvalue weighted by atomic mass is 14.6. The van der Waals surface area contributed by atoms with Crippen LogP contribution in [0.2, 0.25) is 0 Å². The minimum absolute atomic E-state index is 0.520. The normalized spacial score (nSPS) is 11.2. The van der Waals surface area contributed by atoms with Crippen molar-refractivity contribution < 1.29 is 0 Å². The maximum absolute atomic E-state index is 10.4. The molecule has 0 heterocycles. The molecular formula is C48H28N2. The van der Waals surface area contributed by atoms with Crippen molar-refractivity contribution >= 4 is 48.8 Å². The van der Waals surface area contributed by atoms with Crippen molar-refractivity contribution in [3.63, 3.8) is 0 Å². The van der Waals surface area contributed by atoms with Crippen molar-refractivity contribution in [3.8, 4) is 50.6 Å². The van der Waals surface area contributed by atoms with E-state index in [-0.39, 0.29) is 0 Å². The SMILES string of the molecule is [C-]#[N+]c1cc(-c2ccc(-c3c4ccccc4cc4ccccc34)cc2)c(C#N)cc1-c1ccc(-c2c3ccccc3cc3ccccc23)cc1. The van der Waals surface area contributed by atoms with Crippen LogP contribution in [0.4, 0.5) is 5.69 Å². The van der Waals surface area contributed by atoms with E-state index in [1.165, 1.54) is 54.2 Å². The molecule has 0 fully saturated rings. The van der Waals surface area contributed by atoms with Gasteiger partial charge in [0.05, 0.1) is 18.2 Å². The first-order chi connectivity index (χ1) is 24.7. The Labute approximate surface area is 290 Å². The van der Waals surface area contributed by atoms with Crippen LogP contribution in [-0.2, 0) is 0 Å². The average Bonchev–Trinajstić information content (AvgIpc) is 3.18. The van der Waals surface area contributed by atoms with Gasteiger partial charge in [-0.1, -0.05) is 146 Å². The molecule has 0 saturated carbocycles. The summed E-state index contributed by atoms with van der Waals surface area (Å²) in [6, 6.07) is 61.4. The zero-order chi connectivity index (χ0) is 33.6. The second kappa shape index (κ2) is 11.9. The topological polar surface area (TPSA) is 28.1 Å². The molecule has 0 bridgehead atoms. The van der Waals surface area contributed by atoms with Crippen LogP contribution in [0.15, 0.2) is 170 Å². The van der Waals surface area contributed by atoms with E-state index in [0.29, 0.717) is 11.3 Å². The largest absolute Gasteiger partial charge is 0.237 e. The fourth-order valence-electron chi connectivity index (χ4n) is 7.53. The molecule has 0 amide bonds. The monoisotopic (exact) mass is 632 g/mol. The second-order valence-electron chi connectivity index (χ2n) is 12.7. The first-order valence-electron chi connectivity index (χ1n) is 16.7. The molecule has 0 atom stereocenters. The Morgan fingerprint density at radius 2 is 0.760 bits per heavy atom. The molecule has 2 heteroatoms. The molecular weight excluding hydrogens is 605 g/mol. The van der Waals surface area contributed by atoms with Crippen LogP contribution in [0.1, 0.15) is 5.56 Å².